The van der Waals surface area contributed by atoms with Crippen molar-refractivity contribution < 1.29 is 14.3 Å². The predicted octanol–water partition coefficient (Wildman–Crippen LogP) is 5.92. The third kappa shape index (κ3) is 19.7. The van der Waals surface area contributed by atoms with Gasteiger partial charge < -0.3 is 14.4 Å². The van der Waals surface area contributed by atoms with Crippen molar-refractivity contribution in [2.75, 3.05) is 20.6 Å². The second kappa shape index (κ2) is 18.5. The number of unbranched alkanes of at least 4 members (excludes halogenated alkanes) is 8. The summed E-state index contributed by atoms with van der Waals surface area (Å²) in [5.74, 6) is 0.260. The van der Waals surface area contributed by atoms with Gasteiger partial charge in [-0.1, -0.05) is 51.9 Å². The SMILES string of the molecule is CCCCCCCC(CCCCCCCC(C)=O)OC(=O)CCCN(C)C. The van der Waals surface area contributed by atoms with Crippen LogP contribution in [0.2, 0.25) is 0 Å². The van der Waals surface area contributed by atoms with Gasteiger partial charge in [0.2, 0.25) is 0 Å². The lowest BCUT2D eigenvalue weighted by Crippen LogP contribution is -2.20. The van der Waals surface area contributed by atoms with Crippen LogP contribution in [0.5, 0.6) is 0 Å². The molecule has 0 aromatic carbocycles. The van der Waals surface area contributed by atoms with Gasteiger partial charge in [0, 0.05) is 12.8 Å². The highest BCUT2D eigenvalue weighted by atomic mass is 16.5. The zero-order chi connectivity index (χ0) is 20.3. The molecule has 0 aliphatic heterocycles. The summed E-state index contributed by atoms with van der Waals surface area (Å²) in [5, 5.41) is 0. The van der Waals surface area contributed by atoms with E-state index >= 15 is 0 Å². The van der Waals surface area contributed by atoms with Crippen molar-refractivity contribution in [3.8, 4) is 0 Å². The molecule has 0 saturated carbocycles. The number of rotatable bonds is 19. The van der Waals surface area contributed by atoms with Crippen molar-refractivity contribution in [3.05, 3.63) is 0 Å². The number of Topliss-reactive ketones (excluding diaryl/α,β-unsaturated/α-hetero) is 1. The molecule has 0 aromatic heterocycles. The molecule has 0 fully saturated rings. The normalized spacial score (nSPS) is 12.3. The van der Waals surface area contributed by atoms with E-state index in [0.717, 1.165) is 51.5 Å². The Morgan fingerprint density at radius 2 is 1.33 bits per heavy atom. The van der Waals surface area contributed by atoms with Crippen molar-refractivity contribution in [2.45, 2.75) is 116 Å². The molecular formula is C23H45NO3. The van der Waals surface area contributed by atoms with E-state index in [-0.39, 0.29) is 12.1 Å². The molecule has 0 rings (SSSR count). The van der Waals surface area contributed by atoms with E-state index in [4.69, 9.17) is 4.74 Å². The molecule has 0 aliphatic carbocycles. The Hall–Kier alpha value is -0.900. The first-order valence-corrected chi connectivity index (χ1v) is 11.3. The van der Waals surface area contributed by atoms with E-state index in [2.05, 4.69) is 11.8 Å². The Kier molecular flexibility index (Phi) is 17.8. The standard InChI is InChI=1S/C23H45NO3/c1-5-6-7-9-13-17-22(27-23(26)19-15-20-24(3)4)18-14-11-8-10-12-16-21(2)25/h22H,5-20H2,1-4H3. The maximum atomic E-state index is 12.1. The van der Waals surface area contributed by atoms with Crippen LogP contribution in [0.15, 0.2) is 0 Å². The highest BCUT2D eigenvalue weighted by molar-refractivity contribution is 5.75. The predicted molar refractivity (Wildman–Crippen MR) is 114 cm³/mol. The molecule has 160 valence electrons. The molecule has 0 heterocycles. The average molecular weight is 384 g/mol. The average Bonchev–Trinajstić information content (AvgIpc) is 2.59. The Morgan fingerprint density at radius 3 is 1.89 bits per heavy atom. The van der Waals surface area contributed by atoms with Crippen LogP contribution in [-0.4, -0.2) is 43.4 Å². The number of hydrogen-bond acceptors (Lipinski definition) is 4. The van der Waals surface area contributed by atoms with Crippen LogP contribution in [-0.2, 0) is 14.3 Å². The van der Waals surface area contributed by atoms with Crippen LogP contribution in [0.1, 0.15) is 110 Å². The van der Waals surface area contributed by atoms with Gasteiger partial charge in [0.1, 0.15) is 11.9 Å². The van der Waals surface area contributed by atoms with E-state index in [0.29, 0.717) is 18.6 Å². The number of ketones is 1. The van der Waals surface area contributed by atoms with E-state index in [1.807, 2.05) is 14.1 Å². The Balaban J connectivity index is 4.04. The molecule has 4 nitrogen and oxygen atoms in total. The Bertz CT molecular complexity index is 369. The largest absolute Gasteiger partial charge is 0.462 e. The summed E-state index contributed by atoms with van der Waals surface area (Å²) in [6.07, 6.45) is 16.0. The zero-order valence-corrected chi connectivity index (χ0v) is 18.6. The van der Waals surface area contributed by atoms with Gasteiger partial charge in [-0.2, -0.15) is 0 Å². The van der Waals surface area contributed by atoms with Crippen LogP contribution in [0.3, 0.4) is 0 Å². The quantitative estimate of drug-likeness (QED) is 0.205. The maximum Gasteiger partial charge on any atom is 0.306 e. The first kappa shape index (κ1) is 26.1. The Labute approximate surface area is 168 Å². The van der Waals surface area contributed by atoms with Crippen molar-refractivity contribution in [3.63, 3.8) is 0 Å². The number of carbonyl (C=O) groups is 2. The third-order valence-electron chi connectivity index (χ3n) is 4.97. The fourth-order valence-corrected chi connectivity index (χ4v) is 3.30. The van der Waals surface area contributed by atoms with Gasteiger partial charge in [-0.15, -0.1) is 0 Å². The van der Waals surface area contributed by atoms with E-state index < -0.39 is 0 Å². The maximum absolute atomic E-state index is 12.1. The van der Waals surface area contributed by atoms with Crippen LogP contribution in [0.4, 0.5) is 0 Å². The van der Waals surface area contributed by atoms with Gasteiger partial charge >= 0.3 is 5.97 Å². The summed E-state index contributed by atoms with van der Waals surface area (Å²) in [5.41, 5.74) is 0. The number of ether oxygens (including phenoxy) is 1. The lowest BCUT2D eigenvalue weighted by molar-refractivity contribution is -0.150. The molecule has 1 unspecified atom stereocenters. The fraction of sp³-hybridized carbons (Fsp3) is 0.913. The lowest BCUT2D eigenvalue weighted by atomic mass is 10.0. The number of hydrogen-bond donors (Lipinski definition) is 0. The molecule has 0 radical (unpaired) electrons. The van der Waals surface area contributed by atoms with Crippen LogP contribution < -0.4 is 0 Å². The summed E-state index contributed by atoms with van der Waals surface area (Å²) >= 11 is 0. The number of nitrogens with zero attached hydrogens (tertiary/aromatic N) is 1. The summed E-state index contributed by atoms with van der Waals surface area (Å²) in [4.78, 5) is 25.2. The zero-order valence-electron chi connectivity index (χ0n) is 18.6. The first-order valence-electron chi connectivity index (χ1n) is 11.3. The molecule has 27 heavy (non-hydrogen) atoms. The van der Waals surface area contributed by atoms with Gasteiger partial charge in [-0.05, 0) is 66.1 Å². The molecule has 1 atom stereocenters. The van der Waals surface area contributed by atoms with Gasteiger partial charge in [0.15, 0.2) is 0 Å². The molecular weight excluding hydrogens is 338 g/mol. The summed E-state index contributed by atoms with van der Waals surface area (Å²) in [6, 6.07) is 0. The number of esters is 1. The molecule has 0 aliphatic rings. The highest BCUT2D eigenvalue weighted by Gasteiger charge is 2.14. The van der Waals surface area contributed by atoms with Crippen molar-refractivity contribution in [1.29, 1.82) is 0 Å². The van der Waals surface area contributed by atoms with Crippen molar-refractivity contribution >= 4 is 11.8 Å². The van der Waals surface area contributed by atoms with E-state index in [9.17, 15) is 9.59 Å². The number of carbonyl (C=O) groups excluding carboxylic acids is 2. The molecule has 0 spiro atoms. The highest BCUT2D eigenvalue weighted by Crippen LogP contribution is 2.17. The van der Waals surface area contributed by atoms with E-state index in [1.165, 1.54) is 38.5 Å². The second-order valence-electron chi connectivity index (χ2n) is 8.23. The monoisotopic (exact) mass is 383 g/mol. The van der Waals surface area contributed by atoms with Crippen molar-refractivity contribution in [1.82, 2.24) is 4.90 Å². The first-order chi connectivity index (χ1) is 13.0. The topological polar surface area (TPSA) is 46.6 Å². The van der Waals surface area contributed by atoms with Gasteiger partial charge in [0.05, 0.1) is 0 Å². The Morgan fingerprint density at radius 1 is 0.778 bits per heavy atom. The molecule has 0 saturated heterocycles. The minimum absolute atomic E-state index is 0.0307. The summed E-state index contributed by atoms with van der Waals surface area (Å²) in [6.45, 7) is 4.82. The van der Waals surface area contributed by atoms with Gasteiger partial charge in [0.25, 0.3) is 0 Å². The van der Waals surface area contributed by atoms with Crippen molar-refractivity contribution in [2.24, 2.45) is 0 Å². The lowest BCUT2D eigenvalue weighted by Gasteiger charge is -2.18. The van der Waals surface area contributed by atoms with Crippen LogP contribution in [0.25, 0.3) is 0 Å². The summed E-state index contributed by atoms with van der Waals surface area (Å²) in [7, 11) is 4.06. The third-order valence-corrected chi connectivity index (χ3v) is 4.97. The second-order valence-corrected chi connectivity index (χ2v) is 8.23. The minimum Gasteiger partial charge on any atom is -0.462 e. The van der Waals surface area contributed by atoms with Crippen LogP contribution in [0, 0.1) is 0 Å². The summed E-state index contributed by atoms with van der Waals surface area (Å²) < 4.78 is 5.80. The molecule has 0 N–H and O–H groups in total. The fourth-order valence-electron chi connectivity index (χ4n) is 3.30. The molecule has 4 heteroatoms. The molecule has 0 aromatic rings. The smallest absolute Gasteiger partial charge is 0.306 e. The van der Waals surface area contributed by atoms with E-state index in [1.54, 1.807) is 6.92 Å². The van der Waals surface area contributed by atoms with Gasteiger partial charge in [-0.25, -0.2) is 0 Å². The molecule has 0 bridgehead atoms. The van der Waals surface area contributed by atoms with Crippen LogP contribution >= 0.6 is 0 Å². The minimum atomic E-state index is -0.0307. The van der Waals surface area contributed by atoms with Gasteiger partial charge in [-0.3, -0.25) is 4.79 Å². The molecule has 0 amide bonds.